The Bertz CT molecular complexity index is 436. The molecule has 1 aromatic rings. The highest BCUT2D eigenvalue weighted by molar-refractivity contribution is 7.16. The van der Waals surface area contributed by atoms with Gasteiger partial charge < -0.3 is 15.4 Å². The average Bonchev–Trinajstić information content (AvgIpc) is 2.76. The molecule has 0 radical (unpaired) electrons. The van der Waals surface area contributed by atoms with Crippen LogP contribution in [0.5, 0.6) is 0 Å². The van der Waals surface area contributed by atoms with E-state index in [1.807, 2.05) is 13.0 Å². The van der Waals surface area contributed by atoms with Crippen molar-refractivity contribution in [3.8, 4) is 0 Å². The predicted molar refractivity (Wildman–Crippen MR) is 75.5 cm³/mol. The normalized spacial score (nSPS) is 11.7. The van der Waals surface area contributed by atoms with E-state index in [-0.39, 0.29) is 24.9 Å². The van der Waals surface area contributed by atoms with Gasteiger partial charge in [0.15, 0.2) is 0 Å². The van der Waals surface area contributed by atoms with E-state index in [0.29, 0.717) is 10.9 Å². The van der Waals surface area contributed by atoms with Gasteiger partial charge in [-0.1, -0.05) is 11.6 Å². The van der Waals surface area contributed by atoms with Crippen LogP contribution in [0.15, 0.2) is 12.1 Å². The number of alkyl carbamates (subject to hydrolysis) is 1. The summed E-state index contributed by atoms with van der Waals surface area (Å²) in [4.78, 5) is 23.6. The number of thiophene rings is 1. The summed E-state index contributed by atoms with van der Waals surface area (Å²) < 4.78 is 5.38. The van der Waals surface area contributed by atoms with Crippen molar-refractivity contribution in [1.29, 1.82) is 0 Å². The lowest BCUT2D eigenvalue weighted by molar-refractivity contribution is -0.121. The summed E-state index contributed by atoms with van der Waals surface area (Å²) >= 11 is 7.27. The molecule has 0 fully saturated rings. The summed E-state index contributed by atoms with van der Waals surface area (Å²) in [5.41, 5.74) is 0. The Morgan fingerprint density at radius 2 is 2.21 bits per heavy atom. The monoisotopic (exact) mass is 304 g/mol. The molecule has 106 valence electrons. The third-order valence-electron chi connectivity index (χ3n) is 2.30. The van der Waals surface area contributed by atoms with Crippen molar-refractivity contribution in [3.05, 3.63) is 21.3 Å². The van der Waals surface area contributed by atoms with Gasteiger partial charge >= 0.3 is 6.09 Å². The van der Waals surface area contributed by atoms with Gasteiger partial charge in [-0.25, -0.2) is 4.79 Å². The number of carbonyl (C=O) groups excluding carboxylic acids is 2. The fourth-order valence-electron chi connectivity index (χ4n) is 1.41. The average molecular weight is 305 g/mol. The summed E-state index contributed by atoms with van der Waals surface area (Å²) in [6, 6.07) is 3.59. The molecule has 1 rings (SSSR count). The molecule has 19 heavy (non-hydrogen) atoms. The molecule has 2 amide bonds. The van der Waals surface area contributed by atoms with Gasteiger partial charge in [0.2, 0.25) is 5.91 Å². The maximum atomic E-state index is 11.6. The van der Waals surface area contributed by atoms with Gasteiger partial charge in [0, 0.05) is 17.8 Å². The number of rotatable bonds is 6. The van der Waals surface area contributed by atoms with Crippen LogP contribution in [0.2, 0.25) is 4.34 Å². The number of ether oxygens (including phenoxy) is 1. The SMILES string of the molecule is CCOC(=O)NCCC(=O)NC(C)c1ccc(Cl)s1. The highest BCUT2D eigenvalue weighted by Crippen LogP contribution is 2.26. The maximum absolute atomic E-state index is 11.6. The second kappa shape index (κ2) is 8.01. The van der Waals surface area contributed by atoms with E-state index >= 15 is 0 Å². The van der Waals surface area contributed by atoms with E-state index in [0.717, 1.165) is 4.88 Å². The van der Waals surface area contributed by atoms with Gasteiger partial charge in [-0.3, -0.25) is 4.79 Å². The van der Waals surface area contributed by atoms with E-state index in [4.69, 9.17) is 11.6 Å². The molecule has 0 aliphatic heterocycles. The van der Waals surface area contributed by atoms with E-state index in [1.54, 1.807) is 13.0 Å². The first-order valence-corrected chi connectivity index (χ1v) is 7.17. The lowest BCUT2D eigenvalue weighted by Gasteiger charge is -2.12. The number of amides is 2. The standard InChI is InChI=1S/C12H17ClN2O3S/c1-3-18-12(17)14-7-6-11(16)15-8(2)9-4-5-10(13)19-9/h4-5,8H,3,6-7H2,1-2H3,(H,14,17)(H,15,16). The highest BCUT2D eigenvalue weighted by atomic mass is 35.5. The first kappa shape index (κ1) is 15.8. The Labute approximate surface area is 121 Å². The lowest BCUT2D eigenvalue weighted by atomic mass is 10.2. The van der Waals surface area contributed by atoms with Crippen LogP contribution in [-0.4, -0.2) is 25.2 Å². The minimum atomic E-state index is -0.506. The van der Waals surface area contributed by atoms with Crippen LogP contribution in [0, 0.1) is 0 Å². The molecule has 2 N–H and O–H groups in total. The van der Waals surface area contributed by atoms with Crippen LogP contribution in [0.3, 0.4) is 0 Å². The van der Waals surface area contributed by atoms with E-state index in [9.17, 15) is 9.59 Å². The zero-order valence-electron chi connectivity index (χ0n) is 10.9. The molecule has 7 heteroatoms. The van der Waals surface area contributed by atoms with Gasteiger partial charge in [0.1, 0.15) is 0 Å². The van der Waals surface area contributed by atoms with Crippen molar-refractivity contribution in [2.75, 3.05) is 13.2 Å². The van der Waals surface area contributed by atoms with Crippen LogP contribution >= 0.6 is 22.9 Å². The molecule has 0 aromatic carbocycles. The Balaban J connectivity index is 2.25. The lowest BCUT2D eigenvalue weighted by Crippen LogP contribution is -2.32. The summed E-state index contributed by atoms with van der Waals surface area (Å²) in [5.74, 6) is -0.131. The Morgan fingerprint density at radius 1 is 1.47 bits per heavy atom. The van der Waals surface area contributed by atoms with Crippen molar-refractivity contribution >= 4 is 34.9 Å². The molecule has 1 aromatic heterocycles. The number of hydrogen-bond donors (Lipinski definition) is 2. The number of nitrogens with one attached hydrogen (secondary N) is 2. The number of halogens is 1. The molecule has 0 saturated heterocycles. The zero-order valence-corrected chi connectivity index (χ0v) is 12.4. The Hall–Kier alpha value is -1.27. The number of hydrogen-bond acceptors (Lipinski definition) is 4. The second-order valence-electron chi connectivity index (χ2n) is 3.83. The van der Waals surface area contributed by atoms with Gasteiger partial charge in [0.05, 0.1) is 17.0 Å². The second-order valence-corrected chi connectivity index (χ2v) is 5.57. The van der Waals surface area contributed by atoms with Crippen LogP contribution in [0.1, 0.15) is 31.2 Å². The van der Waals surface area contributed by atoms with Gasteiger partial charge in [-0.05, 0) is 26.0 Å². The largest absolute Gasteiger partial charge is 0.450 e. The van der Waals surface area contributed by atoms with Gasteiger partial charge in [-0.2, -0.15) is 0 Å². The molecule has 0 spiro atoms. The molecule has 0 saturated carbocycles. The predicted octanol–water partition coefficient (Wildman–Crippen LogP) is 2.71. The number of carbonyl (C=O) groups is 2. The van der Waals surface area contributed by atoms with Crippen LogP contribution in [0.25, 0.3) is 0 Å². The summed E-state index contributed by atoms with van der Waals surface area (Å²) in [6.07, 6.45) is -0.296. The van der Waals surface area contributed by atoms with E-state index in [1.165, 1.54) is 11.3 Å². The Kier molecular flexibility index (Phi) is 6.66. The van der Waals surface area contributed by atoms with Gasteiger partial charge in [-0.15, -0.1) is 11.3 Å². The third-order valence-corrected chi connectivity index (χ3v) is 3.71. The smallest absolute Gasteiger partial charge is 0.407 e. The van der Waals surface area contributed by atoms with Crippen molar-refractivity contribution in [3.63, 3.8) is 0 Å². The molecule has 1 heterocycles. The summed E-state index contributed by atoms with van der Waals surface area (Å²) in [6.45, 7) is 4.18. The van der Waals surface area contributed by atoms with E-state index < -0.39 is 6.09 Å². The van der Waals surface area contributed by atoms with Crippen molar-refractivity contribution in [1.82, 2.24) is 10.6 Å². The summed E-state index contributed by atoms with van der Waals surface area (Å²) in [7, 11) is 0. The fraction of sp³-hybridized carbons (Fsp3) is 0.500. The zero-order chi connectivity index (χ0) is 14.3. The third kappa shape index (κ3) is 5.94. The van der Waals surface area contributed by atoms with E-state index in [2.05, 4.69) is 15.4 Å². The topological polar surface area (TPSA) is 67.4 Å². The molecule has 1 atom stereocenters. The van der Waals surface area contributed by atoms with Crippen LogP contribution < -0.4 is 10.6 Å². The first-order valence-electron chi connectivity index (χ1n) is 5.98. The van der Waals surface area contributed by atoms with Crippen LogP contribution in [-0.2, 0) is 9.53 Å². The molecule has 5 nitrogen and oxygen atoms in total. The molecule has 0 aliphatic rings. The van der Waals surface area contributed by atoms with Crippen molar-refractivity contribution in [2.24, 2.45) is 0 Å². The van der Waals surface area contributed by atoms with Crippen molar-refractivity contribution in [2.45, 2.75) is 26.3 Å². The van der Waals surface area contributed by atoms with Crippen LogP contribution in [0.4, 0.5) is 4.79 Å². The minimum Gasteiger partial charge on any atom is -0.450 e. The fourth-order valence-corrected chi connectivity index (χ4v) is 2.47. The maximum Gasteiger partial charge on any atom is 0.407 e. The molecular weight excluding hydrogens is 288 g/mol. The molecular formula is C12H17ClN2O3S. The minimum absolute atomic E-state index is 0.0902. The Morgan fingerprint density at radius 3 is 2.79 bits per heavy atom. The summed E-state index contributed by atoms with van der Waals surface area (Å²) in [5, 5.41) is 5.33. The molecule has 0 aliphatic carbocycles. The first-order chi connectivity index (χ1) is 9.02. The van der Waals surface area contributed by atoms with Gasteiger partial charge in [0.25, 0.3) is 0 Å². The highest BCUT2D eigenvalue weighted by Gasteiger charge is 2.11. The molecule has 1 unspecified atom stereocenters. The molecule has 0 bridgehead atoms. The quantitative estimate of drug-likeness (QED) is 0.849. The van der Waals surface area contributed by atoms with Crippen molar-refractivity contribution < 1.29 is 14.3 Å².